The minimum absolute atomic E-state index is 0.137. The summed E-state index contributed by atoms with van der Waals surface area (Å²) in [6.45, 7) is 3.76. The molecule has 0 aliphatic carbocycles. The van der Waals surface area contributed by atoms with Crippen molar-refractivity contribution in [1.29, 1.82) is 0 Å². The molecule has 92 valence electrons. The van der Waals surface area contributed by atoms with E-state index in [0.29, 0.717) is 5.82 Å². The maximum Gasteiger partial charge on any atom is 0.339 e. The molecule has 0 spiro atoms. The van der Waals surface area contributed by atoms with Gasteiger partial charge in [-0.05, 0) is 38.1 Å². The molecule has 2 aromatic heterocycles. The highest BCUT2D eigenvalue weighted by atomic mass is 16.4. The molecule has 0 saturated carbocycles. The van der Waals surface area contributed by atoms with Crippen molar-refractivity contribution in [2.75, 3.05) is 5.32 Å². The van der Waals surface area contributed by atoms with Gasteiger partial charge in [0, 0.05) is 11.9 Å². The lowest BCUT2D eigenvalue weighted by Gasteiger charge is -2.10. The van der Waals surface area contributed by atoms with E-state index in [1.54, 1.807) is 12.3 Å². The van der Waals surface area contributed by atoms with Crippen LogP contribution in [-0.2, 0) is 0 Å². The van der Waals surface area contributed by atoms with Crippen LogP contribution in [0.25, 0.3) is 0 Å². The van der Waals surface area contributed by atoms with Crippen molar-refractivity contribution >= 4 is 17.5 Å². The second kappa shape index (κ2) is 4.83. The van der Waals surface area contributed by atoms with Crippen molar-refractivity contribution in [3.63, 3.8) is 0 Å². The number of pyridine rings is 2. The number of aromatic carboxylic acids is 1. The normalized spacial score (nSPS) is 10.1. The summed E-state index contributed by atoms with van der Waals surface area (Å²) in [5.74, 6) is -0.693. The van der Waals surface area contributed by atoms with Gasteiger partial charge in [0.15, 0.2) is 0 Å². The zero-order valence-electron chi connectivity index (χ0n) is 10.1. The first-order valence-corrected chi connectivity index (χ1v) is 5.47. The Morgan fingerprint density at radius 3 is 2.72 bits per heavy atom. The zero-order valence-corrected chi connectivity index (χ0v) is 10.1. The van der Waals surface area contributed by atoms with Crippen molar-refractivity contribution in [1.82, 2.24) is 9.97 Å². The van der Waals surface area contributed by atoms with E-state index in [1.165, 1.54) is 6.07 Å². The van der Waals surface area contributed by atoms with Crippen LogP contribution in [0, 0.1) is 13.8 Å². The fourth-order valence-electron chi connectivity index (χ4n) is 1.62. The smallest absolute Gasteiger partial charge is 0.339 e. The van der Waals surface area contributed by atoms with Crippen molar-refractivity contribution in [2.45, 2.75) is 13.8 Å². The Labute approximate surface area is 105 Å². The van der Waals surface area contributed by atoms with Crippen molar-refractivity contribution in [3.05, 3.63) is 47.4 Å². The first kappa shape index (κ1) is 12.0. The summed E-state index contributed by atoms with van der Waals surface area (Å²) in [7, 11) is 0. The van der Waals surface area contributed by atoms with Crippen LogP contribution in [0.15, 0.2) is 30.5 Å². The molecule has 2 heterocycles. The molecule has 0 amide bonds. The van der Waals surface area contributed by atoms with Crippen molar-refractivity contribution in [3.8, 4) is 0 Å². The molecule has 0 bridgehead atoms. The molecule has 5 heteroatoms. The number of aryl methyl sites for hydroxylation is 2. The monoisotopic (exact) mass is 243 g/mol. The Hall–Kier alpha value is -2.43. The van der Waals surface area contributed by atoms with Gasteiger partial charge in [-0.25, -0.2) is 9.78 Å². The Morgan fingerprint density at radius 1 is 1.28 bits per heavy atom. The average Bonchev–Trinajstić information content (AvgIpc) is 2.33. The molecule has 0 saturated heterocycles. The number of carboxylic acids is 1. The minimum atomic E-state index is -1.01. The predicted molar refractivity (Wildman–Crippen MR) is 68.2 cm³/mol. The number of anilines is 2. The molecule has 0 unspecified atom stereocenters. The molecule has 0 aliphatic heterocycles. The topological polar surface area (TPSA) is 75.1 Å². The number of carboxylic acid groups (broad SMARTS) is 1. The Kier molecular flexibility index (Phi) is 3.23. The second-order valence-corrected chi connectivity index (χ2v) is 3.92. The molecule has 2 aromatic rings. The van der Waals surface area contributed by atoms with Crippen LogP contribution in [0.5, 0.6) is 0 Å². The van der Waals surface area contributed by atoms with E-state index in [-0.39, 0.29) is 5.56 Å². The molecule has 18 heavy (non-hydrogen) atoms. The van der Waals surface area contributed by atoms with E-state index in [9.17, 15) is 4.79 Å². The highest BCUT2D eigenvalue weighted by Gasteiger charge is 2.11. The van der Waals surface area contributed by atoms with Gasteiger partial charge in [0.05, 0.1) is 11.4 Å². The molecule has 0 aliphatic rings. The second-order valence-electron chi connectivity index (χ2n) is 3.92. The number of aromatic nitrogens is 2. The zero-order chi connectivity index (χ0) is 13.1. The average molecular weight is 243 g/mol. The Morgan fingerprint density at radius 2 is 2.06 bits per heavy atom. The summed E-state index contributed by atoms with van der Waals surface area (Å²) >= 11 is 0. The molecule has 0 aromatic carbocycles. The summed E-state index contributed by atoms with van der Waals surface area (Å²) in [5, 5.41) is 12.1. The van der Waals surface area contributed by atoms with E-state index < -0.39 is 5.97 Å². The van der Waals surface area contributed by atoms with Crippen LogP contribution >= 0.6 is 0 Å². The fourth-order valence-corrected chi connectivity index (χ4v) is 1.62. The lowest BCUT2D eigenvalue weighted by molar-refractivity contribution is 0.0697. The van der Waals surface area contributed by atoms with E-state index in [2.05, 4.69) is 15.3 Å². The summed E-state index contributed by atoms with van der Waals surface area (Å²) in [4.78, 5) is 19.4. The van der Waals surface area contributed by atoms with Crippen LogP contribution < -0.4 is 5.32 Å². The predicted octanol–water partition coefficient (Wildman–Crippen LogP) is 2.54. The highest BCUT2D eigenvalue weighted by molar-refractivity contribution is 5.93. The summed E-state index contributed by atoms with van der Waals surface area (Å²) in [6.07, 6.45) is 1.55. The maximum absolute atomic E-state index is 11.1. The lowest BCUT2D eigenvalue weighted by Crippen LogP contribution is -2.05. The number of nitrogens with zero attached hydrogens (tertiary/aromatic N) is 2. The van der Waals surface area contributed by atoms with Gasteiger partial charge in [-0.1, -0.05) is 0 Å². The van der Waals surface area contributed by atoms with Crippen molar-refractivity contribution < 1.29 is 9.90 Å². The van der Waals surface area contributed by atoms with E-state index in [4.69, 9.17) is 5.11 Å². The summed E-state index contributed by atoms with van der Waals surface area (Å²) < 4.78 is 0. The summed E-state index contributed by atoms with van der Waals surface area (Å²) in [5.41, 5.74) is 2.61. The molecule has 0 fully saturated rings. The number of carbonyl (C=O) groups is 1. The number of nitrogens with one attached hydrogen (secondary N) is 1. The molecule has 0 atom stereocenters. The van der Waals surface area contributed by atoms with Gasteiger partial charge in [-0.3, -0.25) is 4.98 Å². The Bertz CT molecular complexity index is 597. The highest BCUT2D eigenvalue weighted by Crippen LogP contribution is 2.20. The van der Waals surface area contributed by atoms with Gasteiger partial charge in [0.1, 0.15) is 11.4 Å². The molecule has 5 nitrogen and oxygen atoms in total. The van der Waals surface area contributed by atoms with Crippen LogP contribution in [0.3, 0.4) is 0 Å². The van der Waals surface area contributed by atoms with Crippen LogP contribution in [0.4, 0.5) is 11.5 Å². The van der Waals surface area contributed by atoms with Crippen LogP contribution in [0.2, 0.25) is 0 Å². The van der Waals surface area contributed by atoms with Gasteiger partial charge in [0.2, 0.25) is 0 Å². The van der Waals surface area contributed by atoms with E-state index >= 15 is 0 Å². The molecule has 2 rings (SSSR count). The quantitative estimate of drug-likeness (QED) is 0.866. The van der Waals surface area contributed by atoms with Gasteiger partial charge < -0.3 is 10.4 Å². The van der Waals surface area contributed by atoms with E-state index in [1.807, 2.05) is 26.0 Å². The lowest BCUT2D eigenvalue weighted by atomic mass is 10.2. The molecule has 0 radical (unpaired) electrons. The third-order valence-electron chi connectivity index (χ3n) is 2.52. The van der Waals surface area contributed by atoms with Crippen LogP contribution in [0.1, 0.15) is 21.7 Å². The summed E-state index contributed by atoms with van der Waals surface area (Å²) in [6, 6.07) is 6.82. The van der Waals surface area contributed by atoms with Crippen LogP contribution in [-0.4, -0.2) is 21.0 Å². The number of rotatable bonds is 3. The largest absolute Gasteiger partial charge is 0.478 e. The molecule has 2 N–H and O–H groups in total. The number of hydrogen-bond donors (Lipinski definition) is 2. The van der Waals surface area contributed by atoms with Gasteiger partial charge in [0.25, 0.3) is 0 Å². The standard InChI is InChI=1S/C13H13N3O2/c1-8-5-6-11(9(2)15-8)16-12-10(13(17)18)4-3-7-14-12/h3-7H,1-2H3,(H,14,16)(H,17,18). The van der Waals surface area contributed by atoms with Gasteiger partial charge >= 0.3 is 5.97 Å². The SMILES string of the molecule is Cc1ccc(Nc2ncccc2C(=O)O)c(C)n1. The maximum atomic E-state index is 11.1. The Balaban J connectivity index is 2.37. The van der Waals surface area contributed by atoms with Crippen molar-refractivity contribution in [2.24, 2.45) is 0 Å². The third-order valence-corrected chi connectivity index (χ3v) is 2.52. The fraction of sp³-hybridized carbons (Fsp3) is 0.154. The first-order chi connectivity index (χ1) is 8.58. The van der Waals surface area contributed by atoms with Gasteiger partial charge in [-0.15, -0.1) is 0 Å². The molecular weight excluding hydrogens is 230 g/mol. The first-order valence-electron chi connectivity index (χ1n) is 5.47. The molecular formula is C13H13N3O2. The van der Waals surface area contributed by atoms with E-state index in [0.717, 1.165) is 17.1 Å². The third kappa shape index (κ3) is 2.45. The van der Waals surface area contributed by atoms with Gasteiger partial charge in [-0.2, -0.15) is 0 Å². The number of hydrogen-bond acceptors (Lipinski definition) is 4. The minimum Gasteiger partial charge on any atom is -0.478 e.